The lowest BCUT2D eigenvalue weighted by Gasteiger charge is -2.14. The molecule has 0 radical (unpaired) electrons. The molecule has 0 fully saturated rings. The van der Waals surface area contributed by atoms with Crippen molar-refractivity contribution in [2.24, 2.45) is 0 Å². The lowest BCUT2D eigenvalue weighted by atomic mass is 10.2. The normalized spacial score (nSPS) is 10.1. The summed E-state index contributed by atoms with van der Waals surface area (Å²) in [6.07, 6.45) is 1.26. The molecule has 2 rings (SSSR count). The van der Waals surface area contributed by atoms with E-state index in [4.69, 9.17) is 23.4 Å². The molecule has 0 saturated heterocycles. The minimum Gasteiger partial charge on any atom is -0.493 e. The van der Waals surface area contributed by atoms with Crippen molar-refractivity contribution in [2.75, 3.05) is 33.3 Å². The Hall–Kier alpha value is -3.16. The Labute approximate surface area is 144 Å². The van der Waals surface area contributed by atoms with Crippen LogP contribution in [0.25, 0.3) is 0 Å². The third-order valence-corrected chi connectivity index (χ3v) is 3.30. The van der Waals surface area contributed by atoms with E-state index >= 15 is 0 Å². The van der Waals surface area contributed by atoms with Crippen LogP contribution in [0.4, 0.5) is 5.69 Å². The third kappa shape index (κ3) is 4.23. The average molecular weight is 349 g/mol. The maximum Gasteiger partial charge on any atom is 0.262 e. The van der Waals surface area contributed by atoms with Gasteiger partial charge in [-0.25, -0.2) is 0 Å². The molecule has 0 aliphatic carbocycles. The molecule has 0 atom stereocenters. The highest BCUT2D eigenvalue weighted by molar-refractivity contribution is 5.92. The van der Waals surface area contributed by atoms with Gasteiger partial charge in [0.2, 0.25) is 16.9 Å². The molecule has 8 nitrogen and oxygen atoms in total. The summed E-state index contributed by atoms with van der Waals surface area (Å²) in [5.41, 5.74) is 0.0734. The fraction of sp³-hybridized carbons (Fsp3) is 0.294. The van der Waals surface area contributed by atoms with Crippen LogP contribution >= 0.6 is 0 Å². The summed E-state index contributed by atoms with van der Waals surface area (Å²) in [7, 11) is 4.44. The molecule has 0 aliphatic rings. The van der Waals surface area contributed by atoms with E-state index in [-0.39, 0.29) is 17.8 Å². The molecule has 1 aromatic heterocycles. The van der Waals surface area contributed by atoms with Gasteiger partial charge in [-0.1, -0.05) is 0 Å². The molecule has 0 saturated carbocycles. The number of amides is 1. The van der Waals surface area contributed by atoms with Gasteiger partial charge in [-0.2, -0.15) is 0 Å². The van der Waals surface area contributed by atoms with Gasteiger partial charge in [0.1, 0.15) is 5.76 Å². The molecule has 0 bridgehead atoms. The Morgan fingerprint density at radius 1 is 1.08 bits per heavy atom. The van der Waals surface area contributed by atoms with Gasteiger partial charge in [-0.3, -0.25) is 9.59 Å². The number of hydrogen-bond acceptors (Lipinski definition) is 7. The number of carbonyl (C=O) groups is 1. The van der Waals surface area contributed by atoms with E-state index in [2.05, 4.69) is 5.32 Å². The Morgan fingerprint density at radius 3 is 2.24 bits per heavy atom. The van der Waals surface area contributed by atoms with E-state index < -0.39 is 5.91 Å². The molecule has 0 unspecified atom stereocenters. The van der Waals surface area contributed by atoms with E-state index in [0.29, 0.717) is 28.7 Å². The van der Waals surface area contributed by atoms with Gasteiger partial charge in [0.25, 0.3) is 5.91 Å². The standard InChI is InChI=1S/C17H19NO7/c1-10-16(12(19)5-6-24-10)25-9-15(20)18-11-7-13(21-2)17(23-4)14(8-11)22-3/h5-8H,9H2,1-4H3,(H,18,20). The highest BCUT2D eigenvalue weighted by Gasteiger charge is 2.15. The summed E-state index contributed by atoms with van der Waals surface area (Å²) in [6.45, 7) is 1.22. The zero-order chi connectivity index (χ0) is 18.4. The summed E-state index contributed by atoms with van der Waals surface area (Å²) in [6, 6.07) is 4.39. The third-order valence-electron chi connectivity index (χ3n) is 3.30. The first-order valence-electron chi connectivity index (χ1n) is 7.31. The van der Waals surface area contributed by atoms with Gasteiger partial charge >= 0.3 is 0 Å². The molecule has 8 heteroatoms. The van der Waals surface area contributed by atoms with Crippen LogP contribution in [0.3, 0.4) is 0 Å². The largest absolute Gasteiger partial charge is 0.493 e. The van der Waals surface area contributed by atoms with Crippen LogP contribution in [0.15, 0.2) is 33.7 Å². The van der Waals surface area contributed by atoms with Gasteiger partial charge in [-0.15, -0.1) is 0 Å². The molecule has 134 valence electrons. The van der Waals surface area contributed by atoms with Crippen molar-refractivity contribution in [3.05, 3.63) is 40.4 Å². The van der Waals surface area contributed by atoms with Gasteiger partial charge in [-0.05, 0) is 6.92 Å². The van der Waals surface area contributed by atoms with Crippen molar-refractivity contribution in [3.63, 3.8) is 0 Å². The molecule has 25 heavy (non-hydrogen) atoms. The highest BCUT2D eigenvalue weighted by Crippen LogP contribution is 2.39. The van der Waals surface area contributed by atoms with Crippen LogP contribution in [0.5, 0.6) is 23.0 Å². The Bertz CT molecular complexity index is 788. The smallest absolute Gasteiger partial charge is 0.262 e. The Kier molecular flexibility index (Phi) is 5.89. The zero-order valence-electron chi connectivity index (χ0n) is 14.4. The fourth-order valence-electron chi connectivity index (χ4n) is 2.16. The lowest BCUT2D eigenvalue weighted by molar-refractivity contribution is -0.118. The van der Waals surface area contributed by atoms with Crippen LogP contribution in [-0.2, 0) is 4.79 Å². The number of carbonyl (C=O) groups excluding carboxylic acids is 1. The van der Waals surface area contributed by atoms with Crippen LogP contribution in [0, 0.1) is 6.92 Å². The van der Waals surface area contributed by atoms with E-state index in [0.717, 1.165) is 0 Å². The monoisotopic (exact) mass is 349 g/mol. The SMILES string of the molecule is COc1cc(NC(=O)COc2c(C)occc2=O)cc(OC)c1OC. The first-order chi connectivity index (χ1) is 12.0. The zero-order valence-corrected chi connectivity index (χ0v) is 14.4. The van der Waals surface area contributed by atoms with E-state index in [1.807, 2.05) is 0 Å². The Balaban J connectivity index is 2.11. The maximum absolute atomic E-state index is 12.1. The van der Waals surface area contributed by atoms with E-state index in [1.54, 1.807) is 19.1 Å². The topological polar surface area (TPSA) is 96.2 Å². The van der Waals surface area contributed by atoms with Gasteiger partial charge in [0.05, 0.1) is 27.6 Å². The minimum atomic E-state index is -0.461. The number of ether oxygens (including phenoxy) is 4. The van der Waals surface area contributed by atoms with Gasteiger partial charge < -0.3 is 28.7 Å². The predicted octanol–water partition coefficient (Wildman–Crippen LogP) is 1.99. The van der Waals surface area contributed by atoms with Crippen molar-refractivity contribution in [2.45, 2.75) is 6.92 Å². The molecule has 1 heterocycles. The summed E-state index contributed by atoms with van der Waals surface area (Å²) in [5, 5.41) is 2.64. The number of hydrogen-bond donors (Lipinski definition) is 1. The number of aryl methyl sites for hydroxylation is 1. The van der Waals surface area contributed by atoms with Crippen molar-refractivity contribution >= 4 is 11.6 Å². The molecule has 0 spiro atoms. The fourth-order valence-corrected chi connectivity index (χ4v) is 2.16. The van der Waals surface area contributed by atoms with Crippen molar-refractivity contribution in [1.82, 2.24) is 0 Å². The molecule has 2 aromatic rings. The van der Waals surface area contributed by atoms with Crippen LogP contribution in [0.1, 0.15) is 5.76 Å². The van der Waals surface area contributed by atoms with E-state index in [1.165, 1.54) is 33.7 Å². The molecule has 1 aromatic carbocycles. The average Bonchev–Trinajstić information content (AvgIpc) is 2.60. The summed E-state index contributed by atoms with van der Waals surface area (Å²) >= 11 is 0. The first-order valence-corrected chi connectivity index (χ1v) is 7.31. The second kappa shape index (κ2) is 8.09. The molecule has 1 amide bonds. The second-order valence-electron chi connectivity index (χ2n) is 4.92. The number of benzene rings is 1. The molecule has 0 aliphatic heterocycles. The molecule has 1 N–H and O–H groups in total. The minimum absolute atomic E-state index is 0.00235. The lowest BCUT2D eigenvalue weighted by Crippen LogP contribution is -2.22. The predicted molar refractivity (Wildman–Crippen MR) is 89.9 cm³/mol. The molecular weight excluding hydrogens is 330 g/mol. The first kappa shape index (κ1) is 18.2. The molecular formula is C17H19NO7. The second-order valence-corrected chi connectivity index (χ2v) is 4.92. The number of nitrogens with one attached hydrogen (secondary N) is 1. The van der Waals surface area contributed by atoms with Gasteiger partial charge in [0, 0.05) is 23.9 Å². The summed E-state index contributed by atoms with van der Waals surface area (Å²) in [4.78, 5) is 23.8. The number of methoxy groups -OCH3 is 3. The number of anilines is 1. The van der Waals surface area contributed by atoms with Gasteiger partial charge in [0.15, 0.2) is 18.1 Å². The van der Waals surface area contributed by atoms with Crippen LogP contribution in [0.2, 0.25) is 0 Å². The van der Waals surface area contributed by atoms with Crippen molar-refractivity contribution in [1.29, 1.82) is 0 Å². The quantitative estimate of drug-likeness (QED) is 0.816. The van der Waals surface area contributed by atoms with Crippen LogP contribution < -0.4 is 29.7 Å². The summed E-state index contributed by atoms with van der Waals surface area (Å²) < 4.78 is 26.0. The van der Waals surface area contributed by atoms with Crippen LogP contribution in [-0.4, -0.2) is 33.8 Å². The highest BCUT2D eigenvalue weighted by atomic mass is 16.5. The van der Waals surface area contributed by atoms with E-state index in [9.17, 15) is 9.59 Å². The maximum atomic E-state index is 12.1. The number of rotatable bonds is 7. The van der Waals surface area contributed by atoms with Crippen molar-refractivity contribution < 1.29 is 28.2 Å². The van der Waals surface area contributed by atoms with Crippen molar-refractivity contribution in [3.8, 4) is 23.0 Å². The summed E-state index contributed by atoms with van der Waals surface area (Å²) in [5.74, 6) is 1.06. The Morgan fingerprint density at radius 2 is 1.72 bits per heavy atom.